The molecular formula is C24H23N3O2. The second-order valence-corrected chi connectivity index (χ2v) is 7.03. The van der Waals surface area contributed by atoms with Gasteiger partial charge < -0.3 is 15.5 Å². The fourth-order valence-electron chi connectivity index (χ4n) is 3.57. The second-order valence-electron chi connectivity index (χ2n) is 7.03. The first-order valence-corrected chi connectivity index (χ1v) is 9.79. The molecule has 3 aromatic rings. The van der Waals surface area contributed by atoms with Crippen LogP contribution in [0, 0.1) is 0 Å². The molecular weight excluding hydrogens is 362 g/mol. The predicted octanol–water partition coefficient (Wildman–Crippen LogP) is 4.33. The highest BCUT2D eigenvalue weighted by atomic mass is 16.2. The van der Waals surface area contributed by atoms with Crippen LogP contribution >= 0.6 is 0 Å². The Labute approximate surface area is 170 Å². The van der Waals surface area contributed by atoms with Crippen LogP contribution in [0.1, 0.15) is 22.3 Å². The summed E-state index contributed by atoms with van der Waals surface area (Å²) in [6, 6.07) is 24.5. The summed E-state index contributed by atoms with van der Waals surface area (Å²) in [7, 11) is 0. The molecule has 0 aliphatic carbocycles. The summed E-state index contributed by atoms with van der Waals surface area (Å²) in [5.74, 6) is -0.125. The standard InChI is InChI=1S/C24H23N3O2/c28-23(27-15-7-11-18-8-4-5-14-22(18)27)17-25-20-12-6-13-21(16-20)26-24(29)19-9-2-1-3-10-19/h1-6,8-10,12-14,16,25H,7,11,15,17H2,(H,26,29). The van der Waals surface area contributed by atoms with E-state index in [0.29, 0.717) is 11.3 Å². The van der Waals surface area contributed by atoms with Crippen LogP contribution in [0.15, 0.2) is 78.9 Å². The number of amides is 2. The SMILES string of the molecule is O=C(Nc1cccc(NCC(=O)N2CCCc3ccccc32)c1)c1ccccc1. The summed E-state index contributed by atoms with van der Waals surface area (Å²) in [5.41, 5.74) is 4.30. The molecule has 2 N–H and O–H groups in total. The molecule has 0 aromatic heterocycles. The molecule has 3 aromatic carbocycles. The average molecular weight is 385 g/mol. The maximum absolute atomic E-state index is 12.8. The zero-order valence-corrected chi connectivity index (χ0v) is 16.1. The van der Waals surface area contributed by atoms with E-state index in [1.54, 1.807) is 12.1 Å². The van der Waals surface area contributed by atoms with Crippen LogP contribution in [0.3, 0.4) is 0 Å². The van der Waals surface area contributed by atoms with E-state index in [0.717, 1.165) is 30.8 Å². The molecule has 5 nitrogen and oxygen atoms in total. The van der Waals surface area contributed by atoms with Crippen LogP contribution < -0.4 is 15.5 Å². The minimum Gasteiger partial charge on any atom is -0.376 e. The van der Waals surface area contributed by atoms with Crippen molar-refractivity contribution in [3.8, 4) is 0 Å². The van der Waals surface area contributed by atoms with Crippen molar-refractivity contribution >= 4 is 28.9 Å². The smallest absolute Gasteiger partial charge is 0.255 e. The summed E-state index contributed by atoms with van der Waals surface area (Å²) in [4.78, 5) is 27.0. The number of para-hydroxylation sites is 1. The van der Waals surface area contributed by atoms with Gasteiger partial charge in [-0.25, -0.2) is 0 Å². The number of hydrogen-bond acceptors (Lipinski definition) is 3. The van der Waals surface area contributed by atoms with E-state index in [1.807, 2.05) is 65.6 Å². The number of nitrogens with zero attached hydrogens (tertiary/aromatic N) is 1. The van der Waals surface area contributed by atoms with E-state index in [1.165, 1.54) is 5.56 Å². The number of anilines is 3. The Hall–Kier alpha value is -3.60. The molecule has 5 heteroatoms. The second kappa shape index (κ2) is 8.61. The number of hydrogen-bond donors (Lipinski definition) is 2. The molecule has 1 aliphatic heterocycles. The van der Waals surface area contributed by atoms with Crippen molar-refractivity contribution in [3.63, 3.8) is 0 Å². The van der Waals surface area contributed by atoms with E-state index >= 15 is 0 Å². The predicted molar refractivity (Wildman–Crippen MR) is 116 cm³/mol. The molecule has 146 valence electrons. The van der Waals surface area contributed by atoms with Gasteiger partial charge in [-0.1, -0.05) is 42.5 Å². The molecule has 0 fully saturated rings. The number of rotatable bonds is 5. The molecule has 0 spiro atoms. The molecule has 4 rings (SSSR count). The monoisotopic (exact) mass is 385 g/mol. The van der Waals surface area contributed by atoms with Crippen LogP contribution in [0.25, 0.3) is 0 Å². The Kier molecular flexibility index (Phi) is 5.56. The third-order valence-corrected chi connectivity index (χ3v) is 5.01. The van der Waals surface area contributed by atoms with Gasteiger partial charge in [0, 0.05) is 29.2 Å². The van der Waals surface area contributed by atoms with Gasteiger partial charge in [0.2, 0.25) is 5.91 Å². The van der Waals surface area contributed by atoms with Crippen molar-refractivity contribution in [3.05, 3.63) is 90.0 Å². The van der Waals surface area contributed by atoms with Gasteiger partial charge in [0.25, 0.3) is 5.91 Å². The lowest BCUT2D eigenvalue weighted by Gasteiger charge is -2.29. The normalized spacial score (nSPS) is 12.8. The lowest BCUT2D eigenvalue weighted by molar-refractivity contribution is -0.117. The minimum atomic E-state index is -0.163. The van der Waals surface area contributed by atoms with Gasteiger partial charge in [-0.05, 0) is 54.8 Å². The van der Waals surface area contributed by atoms with Crippen molar-refractivity contribution in [1.82, 2.24) is 0 Å². The lowest BCUT2D eigenvalue weighted by atomic mass is 10.0. The van der Waals surface area contributed by atoms with Crippen LogP contribution in [0.2, 0.25) is 0 Å². The number of carbonyl (C=O) groups excluding carboxylic acids is 2. The zero-order chi connectivity index (χ0) is 20.1. The van der Waals surface area contributed by atoms with Crippen LogP contribution in [0.5, 0.6) is 0 Å². The van der Waals surface area contributed by atoms with Crippen molar-refractivity contribution < 1.29 is 9.59 Å². The summed E-state index contributed by atoms with van der Waals surface area (Å²) in [6.45, 7) is 0.940. The van der Waals surface area contributed by atoms with Crippen LogP contribution in [0.4, 0.5) is 17.1 Å². The first-order valence-electron chi connectivity index (χ1n) is 9.79. The quantitative estimate of drug-likeness (QED) is 0.687. The van der Waals surface area contributed by atoms with Crippen molar-refractivity contribution in [2.24, 2.45) is 0 Å². The third-order valence-electron chi connectivity index (χ3n) is 5.01. The lowest BCUT2D eigenvalue weighted by Crippen LogP contribution is -2.39. The molecule has 0 bridgehead atoms. The van der Waals surface area contributed by atoms with E-state index in [9.17, 15) is 9.59 Å². The van der Waals surface area contributed by atoms with Gasteiger partial charge in [-0.15, -0.1) is 0 Å². The first kappa shape index (κ1) is 18.7. The van der Waals surface area contributed by atoms with Gasteiger partial charge in [-0.2, -0.15) is 0 Å². The highest BCUT2D eigenvalue weighted by Gasteiger charge is 2.21. The van der Waals surface area contributed by atoms with Gasteiger partial charge in [0.1, 0.15) is 0 Å². The van der Waals surface area contributed by atoms with E-state index < -0.39 is 0 Å². The van der Waals surface area contributed by atoms with Crippen molar-refractivity contribution in [2.75, 3.05) is 28.6 Å². The summed E-state index contributed by atoms with van der Waals surface area (Å²) in [6.07, 6.45) is 1.99. The topological polar surface area (TPSA) is 61.4 Å². The van der Waals surface area contributed by atoms with E-state index in [2.05, 4.69) is 16.7 Å². The Morgan fingerprint density at radius 1 is 0.862 bits per heavy atom. The number of carbonyl (C=O) groups is 2. The Morgan fingerprint density at radius 3 is 2.48 bits per heavy atom. The summed E-state index contributed by atoms with van der Waals surface area (Å²) >= 11 is 0. The molecule has 0 atom stereocenters. The van der Waals surface area contributed by atoms with Crippen molar-refractivity contribution in [1.29, 1.82) is 0 Å². The van der Waals surface area contributed by atoms with Gasteiger partial charge in [0.15, 0.2) is 0 Å². The third kappa shape index (κ3) is 4.46. The van der Waals surface area contributed by atoms with Crippen LogP contribution in [-0.2, 0) is 11.2 Å². The highest BCUT2D eigenvalue weighted by Crippen LogP contribution is 2.26. The maximum Gasteiger partial charge on any atom is 0.255 e. The Balaban J connectivity index is 1.39. The number of benzene rings is 3. The molecule has 0 saturated heterocycles. The van der Waals surface area contributed by atoms with Gasteiger partial charge >= 0.3 is 0 Å². The van der Waals surface area contributed by atoms with Gasteiger partial charge in [-0.3, -0.25) is 9.59 Å². The summed E-state index contributed by atoms with van der Waals surface area (Å²) in [5, 5.41) is 6.07. The molecule has 1 aliphatic rings. The zero-order valence-electron chi connectivity index (χ0n) is 16.1. The molecule has 0 radical (unpaired) electrons. The molecule has 29 heavy (non-hydrogen) atoms. The Morgan fingerprint density at radius 2 is 1.62 bits per heavy atom. The summed E-state index contributed by atoms with van der Waals surface area (Å²) < 4.78 is 0. The maximum atomic E-state index is 12.8. The fourth-order valence-corrected chi connectivity index (χ4v) is 3.57. The number of nitrogens with one attached hydrogen (secondary N) is 2. The van der Waals surface area contributed by atoms with Crippen molar-refractivity contribution in [2.45, 2.75) is 12.8 Å². The fraction of sp³-hybridized carbons (Fsp3) is 0.167. The Bertz CT molecular complexity index is 1020. The molecule has 1 heterocycles. The number of fused-ring (bicyclic) bond motifs is 1. The molecule has 0 saturated carbocycles. The minimum absolute atomic E-state index is 0.0378. The largest absolute Gasteiger partial charge is 0.376 e. The van der Waals surface area contributed by atoms with E-state index in [4.69, 9.17) is 0 Å². The van der Waals surface area contributed by atoms with Crippen LogP contribution in [-0.4, -0.2) is 24.9 Å². The average Bonchev–Trinajstić information content (AvgIpc) is 2.78. The van der Waals surface area contributed by atoms with Gasteiger partial charge in [0.05, 0.1) is 6.54 Å². The van der Waals surface area contributed by atoms with E-state index in [-0.39, 0.29) is 18.4 Å². The highest BCUT2D eigenvalue weighted by molar-refractivity contribution is 6.04. The first-order chi connectivity index (χ1) is 14.2. The number of aryl methyl sites for hydroxylation is 1. The molecule has 0 unspecified atom stereocenters. The molecule has 2 amide bonds.